The second-order valence-corrected chi connectivity index (χ2v) is 8.77. The lowest BCUT2D eigenvalue weighted by atomic mass is 10.1. The van der Waals surface area contributed by atoms with E-state index in [1.807, 2.05) is 42.5 Å². The van der Waals surface area contributed by atoms with Crippen molar-refractivity contribution in [2.24, 2.45) is 0 Å². The lowest BCUT2D eigenvalue weighted by Crippen LogP contribution is -2.43. The normalized spacial score (nSPS) is 14.3. The maximum Gasteiger partial charge on any atom is 0.303 e. The molecule has 0 atom stereocenters. The van der Waals surface area contributed by atoms with Crippen molar-refractivity contribution in [1.29, 1.82) is 0 Å². The average molecular weight is 483 g/mol. The molecular formula is C25H26N2O6S. The van der Waals surface area contributed by atoms with Crippen molar-refractivity contribution >= 4 is 45.1 Å². The summed E-state index contributed by atoms with van der Waals surface area (Å²) in [4.78, 5) is 30.0. The van der Waals surface area contributed by atoms with Crippen LogP contribution in [0.1, 0.15) is 23.4 Å². The SMILES string of the molecule is COc1cc(/C=C(\CCC(=O)O)c2nc3ccccc3s2)ccc1OCC(=O)N1CCOCC1. The maximum absolute atomic E-state index is 12.4. The van der Waals surface area contributed by atoms with E-state index in [9.17, 15) is 14.7 Å². The van der Waals surface area contributed by atoms with Crippen LogP contribution >= 0.6 is 11.3 Å². The van der Waals surface area contributed by atoms with Gasteiger partial charge >= 0.3 is 5.97 Å². The van der Waals surface area contributed by atoms with Crippen molar-refractivity contribution in [3.8, 4) is 11.5 Å². The van der Waals surface area contributed by atoms with Crippen LogP contribution in [0.5, 0.6) is 11.5 Å². The number of amides is 1. The molecule has 0 aliphatic carbocycles. The lowest BCUT2D eigenvalue weighted by molar-refractivity contribution is -0.138. The van der Waals surface area contributed by atoms with Crippen molar-refractivity contribution in [3.05, 3.63) is 53.0 Å². The number of carbonyl (C=O) groups excluding carboxylic acids is 1. The van der Waals surface area contributed by atoms with Gasteiger partial charge in [0.15, 0.2) is 18.1 Å². The third-order valence-corrected chi connectivity index (χ3v) is 6.53. The zero-order valence-electron chi connectivity index (χ0n) is 18.9. The number of rotatable bonds is 9. The van der Waals surface area contributed by atoms with Gasteiger partial charge in [0.25, 0.3) is 5.91 Å². The average Bonchev–Trinajstić information content (AvgIpc) is 3.30. The van der Waals surface area contributed by atoms with E-state index in [0.717, 1.165) is 26.4 Å². The first-order valence-electron chi connectivity index (χ1n) is 11.0. The fraction of sp³-hybridized carbons (Fsp3) is 0.320. The number of hydrogen-bond donors (Lipinski definition) is 1. The number of aliphatic carboxylic acids is 1. The van der Waals surface area contributed by atoms with Gasteiger partial charge < -0.3 is 24.2 Å². The minimum Gasteiger partial charge on any atom is -0.493 e. The quantitative estimate of drug-likeness (QED) is 0.493. The predicted molar refractivity (Wildman–Crippen MR) is 130 cm³/mol. The number of para-hydroxylation sites is 1. The Bertz CT molecular complexity index is 1170. The summed E-state index contributed by atoms with van der Waals surface area (Å²) >= 11 is 1.53. The molecule has 9 heteroatoms. The van der Waals surface area contributed by atoms with Crippen molar-refractivity contribution < 1.29 is 28.9 Å². The molecule has 4 rings (SSSR count). The van der Waals surface area contributed by atoms with E-state index >= 15 is 0 Å². The molecule has 0 saturated carbocycles. The van der Waals surface area contributed by atoms with E-state index in [1.54, 1.807) is 18.1 Å². The van der Waals surface area contributed by atoms with Crippen LogP contribution in [-0.2, 0) is 14.3 Å². The largest absolute Gasteiger partial charge is 0.493 e. The van der Waals surface area contributed by atoms with Crippen LogP contribution in [0.4, 0.5) is 0 Å². The molecule has 2 heterocycles. The number of ether oxygens (including phenoxy) is 3. The second-order valence-electron chi connectivity index (χ2n) is 7.74. The molecule has 1 aliphatic rings. The molecule has 0 bridgehead atoms. The highest BCUT2D eigenvalue weighted by Crippen LogP contribution is 2.33. The molecule has 3 aromatic rings. The van der Waals surface area contributed by atoms with Crippen LogP contribution in [0.2, 0.25) is 0 Å². The van der Waals surface area contributed by atoms with E-state index in [0.29, 0.717) is 44.2 Å². The Labute approximate surface area is 201 Å². The van der Waals surface area contributed by atoms with E-state index in [2.05, 4.69) is 0 Å². The Morgan fingerprint density at radius 2 is 1.94 bits per heavy atom. The van der Waals surface area contributed by atoms with E-state index in [1.165, 1.54) is 11.3 Å². The van der Waals surface area contributed by atoms with Gasteiger partial charge in [0.1, 0.15) is 5.01 Å². The zero-order chi connectivity index (χ0) is 23.9. The molecule has 0 unspecified atom stereocenters. The number of morpholine rings is 1. The van der Waals surface area contributed by atoms with E-state index < -0.39 is 5.97 Å². The number of benzene rings is 2. The van der Waals surface area contributed by atoms with Crippen LogP contribution in [-0.4, -0.2) is 66.9 Å². The molecule has 1 aromatic heterocycles. The molecule has 8 nitrogen and oxygen atoms in total. The van der Waals surface area contributed by atoms with Crippen LogP contribution in [0.15, 0.2) is 42.5 Å². The van der Waals surface area contributed by atoms with Crippen LogP contribution in [0.3, 0.4) is 0 Å². The van der Waals surface area contributed by atoms with Gasteiger partial charge in [-0.2, -0.15) is 0 Å². The number of fused-ring (bicyclic) bond motifs is 1. The summed E-state index contributed by atoms with van der Waals surface area (Å²) in [5, 5.41) is 10.0. The van der Waals surface area contributed by atoms with Gasteiger partial charge in [0, 0.05) is 19.5 Å². The summed E-state index contributed by atoms with van der Waals surface area (Å²) in [6.45, 7) is 2.12. The standard InChI is InChI=1S/C25H26N2O6S/c1-31-21-15-17(6-8-20(21)33-16-23(28)27-10-12-32-13-11-27)14-18(7-9-24(29)30)25-26-19-4-2-3-5-22(19)34-25/h2-6,8,14-15H,7,9-13,16H2,1H3,(H,29,30)/b18-14+. The number of carboxylic acids is 1. The van der Waals surface area contributed by atoms with Crippen molar-refractivity contribution in [2.75, 3.05) is 40.0 Å². The van der Waals surface area contributed by atoms with E-state index in [-0.39, 0.29) is 18.9 Å². The van der Waals surface area contributed by atoms with Gasteiger partial charge in [-0.05, 0) is 47.9 Å². The number of thiazole rings is 1. The molecule has 1 amide bonds. The number of allylic oxidation sites excluding steroid dienone is 1. The molecule has 178 valence electrons. The van der Waals surface area contributed by atoms with Crippen LogP contribution in [0, 0.1) is 0 Å². The Morgan fingerprint density at radius 3 is 2.68 bits per heavy atom. The maximum atomic E-state index is 12.4. The third-order valence-electron chi connectivity index (χ3n) is 5.42. The molecule has 1 saturated heterocycles. The number of nitrogens with zero attached hydrogens (tertiary/aromatic N) is 2. The summed E-state index contributed by atoms with van der Waals surface area (Å²) < 4.78 is 17.6. The highest BCUT2D eigenvalue weighted by atomic mass is 32.1. The molecule has 1 aliphatic heterocycles. The van der Waals surface area contributed by atoms with Crippen LogP contribution in [0.25, 0.3) is 21.9 Å². The van der Waals surface area contributed by atoms with Crippen molar-refractivity contribution in [1.82, 2.24) is 9.88 Å². The number of aromatic nitrogens is 1. The van der Waals surface area contributed by atoms with Gasteiger partial charge in [-0.3, -0.25) is 9.59 Å². The monoisotopic (exact) mass is 482 g/mol. The molecule has 1 fully saturated rings. The minimum absolute atomic E-state index is 0.00371. The van der Waals surface area contributed by atoms with Gasteiger partial charge in [-0.15, -0.1) is 11.3 Å². The Hall–Kier alpha value is -3.43. The zero-order valence-corrected chi connectivity index (χ0v) is 19.7. The molecule has 0 radical (unpaired) electrons. The molecule has 1 N–H and O–H groups in total. The first kappa shape index (κ1) is 23.7. The van der Waals surface area contributed by atoms with Crippen molar-refractivity contribution in [2.45, 2.75) is 12.8 Å². The smallest absolute Gasteiger partial charge is 0.303 e. The minimum atomic E-state index is -0.863. The highest BCUT2D eigenvalue weighted by molar-refractivity contribution is 7.19. The molecule has 0 spiro atoms. The highest BCUT2D eigenvalue weighted by Gasteiger charge is 2.18. The van der Waals surface area contributed by atoms with Gasteiger partial charge in [-0.1, -0.05) is 18.2 Å². The third kappa shape index (κ3) is 5.92. The molecule has 2 aromatic carbocycles. The number of carbonyl (C=O) groups is 2. The number of carboxylic acid groups (broad SMARTS) is 1. The summed E-state index contributed by atoms with van der Waals surface area (Å²) in [5.74, 6) is -0.00172. The Kier molecular flexibility index (Phi) is 7.76. The Balaban J connectivity index is 1.54. The fourth-order valence-electron chi connectivity index (χ4n) is 3.63. The Morgan fingerprint density at radius 1 is 1.15 bits per heavy atom. The molecular weight excluding hydrogens is 456 g/mol. The summed E-state index contributed by atoms with van der Waals surface area (Å²) in [7, 11) is 1.54. The van der Waals surface area contributed by atoms with Gasteiger partial charge in [0.2, 0.25) is 0 Å². The summed E-state index contributed by atoms with van der Waals surface area (Å²) in [6.07, 6.45) is 2.28. The second kappa shape index (κ2) is 11.1. The lowest BCUT2D eigenvalue weighted by Gasteiger charge is -2.26. The van der Waals surface area contributed by atoms with E-state index in [4.69, 9.17) is 19.2 Å². The summed E-state index contributed by atoms with van der Waals surface area (Å²) in [5.41, 5.74) is 2.54. The van der Waals surface area contributed by atoms with Crippen LogP contribution < -0.4 is 9.47 Å². The first-order valence-corrected chi connectivity index (χ1v) is 11.8. The van der Waals surface area contributed by atoms with Gasteiger partial charge in [0.05, 0.1) is 30.5 Å². The topological polar surface area (TPSA) is 98.2 Å². The summed E-state index contributed by atoms with van der Waals surface area (Å²) in [6, 6.07) is 13.2. The number of methoxy groups -OCH3 is 1. The molecule has 34 heavy (non-hydrogen) atoms. The first-order chi connectivity index (χ1) is 16.5. The fourth-order valence-corrected chi connectivity index (χ4v) is 4.64. The van der Waals surface area contributed by atoms with Crippen molar-refractivity contribution in [3.63, 3.8) is 0 Å². The predicted octanol–water partition coefficient (Wildman–Crippen LogP) is 3.95. The number of hydrogen-bond acceptors (Lipinski definition) is 7. The van der Waals surface area contributed by atoms with Gasteiger partial charge in [-0.25, -0.2) is 4.98 Å².